The third-order valence-corrected chi connectivity index (χ3v) is 3.45. The predicted octanol–water partition coefficient (Wildman–Crippen LogP) is 3.92. The van der Waals surface area contributed by atoms with Crippen LogP contribution in [0.15, 0.2) is 48.5 Å². The van der Waals surface area contributed by atoms with Crippen molar-refractivity contribution in [1.82, 2.24) is 0 Å². The van der Waals surface area contributed by atoms with Crippen molar-refractivity contribution >= 4 is 17.3 Å². The fourth-order valence-electron chi connectivity index (χ4n) is 2.07. The van der Waals surface area contributed by atoms with Gasteiger partial charge in [0.05, 0.1) is 20.3 Å². The molecule has 2 aromatic rings. The molecule has 2 N–H and O–H groups in total. The zero-order chi connectivity index (χ0) is 17.2. The second-order valence-corrected chi connectivity index (χ2v) is 5.36. The van der Waals surface area contributed by atoms with Gasteiger partial charge in [-0.15, -0.1) is 0 Å². The van der Waals surface area contributed by atoms with E-state index in [-0.39, 0.29) is 12.5 Å². The molecule has 0 spiro atoms. The third kappa shape index (κ3) is 5.83. The van der Waals surface area contributed by atoms with E-state index < -0.39 is 0 Å². The summed E-state index contributed by atoms with van der Waals surface area (Å²) in [6.07, 6.45) is 2.14. The van der Waals surface area contributed by atoms with Gasteiger partial charge in [0.25, 0.3) is 0 Å². The first-order valence-electron chi connectivity index (χ1n) is 8.12. The summed E-state index contributed by atoms with van der Waals surface area (Å²) in [4.78, 5) is 12.0. The highest BCUT2D eigenvalue weighted by atomic mass is 16.5. The first kappa shape index (κ1) is 17.7. The Morgan fingerprint density at radius 2 is 1.58 bits per heavy atom. The van der Waals surface area contributed by atoms with Crippen LogP contribution in [0.25, 0.3) is 0 Å². The lowest BCUT2D eigenvalue weighted by Crippen LogP contribution is -2.21. The van der Waals surface area contributed by atoms with Crippen LogP contribution >= 0.6 is 0 Å². The molecular weight excluding hydrogens is 304 g/mol. The number of methoxy groups -OCH3 is 1. The lowest BCUT2D eigenvalue weighted by atomic mass is 10.3. The molecule has 128 valence electrons. The number of amides is 1. The molecule has 5 nitrogen and oxygen atoms in total. The Hall–Kier alpha value is -2.69. The average molecular weight is 328 g/mol. The molecule has 0 saturated carbocycles. The van der Waals surface area contributed by atoms with Crippen molar-refractivity contribution in [3.05, 3.63) is 48.5 Å². The first-order chi connectivity index (χ1) is 11.7. The molecule has 24 heavy (non-hydrogen) atoms. The average Bonchev–Trinajstić information content (AvgIpc) is 2.62. The minimum atomic E-state index is -0.106. The minimum absolute atomic E-state index is 0.106. The zero-order valence-electron chi connectivity index (χ0n) is 14.2. The molecule has 2 aromatic carbocycles. The molecule has 1 amide bonds. The minimum Gasteiger partial charge on any atom is -0.497 e. The number of carbonyl (C=O) groups is 1. The van der Waals surface area contributed by atoms with Crippen LogP contribution in [0.3, 0.4) is 0 Å². The Kier molecular flexibility index (Phi) is 6.95. The largest absolute Gasteiger partial charge is 0.497 e. The van der Waals surface area contributed by atoms with Crippen molar-refractivity contribution < 1.29 is 14.3 Å². The van der Waals surface area contributed by atoms with Crippen molar-refractivity contribution in [2.45, 2.75) is 19.8 Å². The van der Waals surface area contributed by atoms with Crippen molar-refractivity contribution in [2.75, 3.05) is 30.9 Å². The van der Waals surface area contributed by atoms with Gasteiger partial charge in [-0.25, -0.2) is 0 Å². The van der Waals surface area contributed by atoms with Gasteiger partial charge in [-0.05, 0) is 55.0 Å². The number of anilines is 2. The van der Waals surface area contributed by atoms with Gasteiger partial charge in [-0.1, -0.05) is 13.3 Å². The lowest BCUT2D eigenvalue weighted by molar-refractivity contribution is -0.114. The van der Waals surface area contributed by atoms with E-state index in [9.17, 15) is 4.79 Å². The van der Waals surface area contributed by atoms with Crippen molar-refractivity contribution in [2.24, 2.45) is 0 Å². The highest BCUT2D eigenvalue weighted by Crippen LogP contribution is 2.17. The Morgan fingerprint density at radius 3 is 2.21 bits per heavy atom. The Bertz CT molecular complexity index is 624. The molecule has 2 rings (SSSR count). The van der Waals surface area contributed by atoms with Crippen LogP contribution in [0.5, 0.6) is 11.5 Å². The van der Waals surface area contributed by atoms with E-state index in [1.165, 1.54) is 0 Å². The molecule has 0 aliphatic heterocycles. The molecule has 0 fully saturated rings. The van der Waals surface area contributed by atoms with Crippen molar-refractivity contribution in [1.29, 1.82) is 0 Å². The number of hydrogen-bond acceptors (Lipinski definition) is 4. The van der Waals surface area contributed by atoms with Crippen LogP contribution in [0, 0.1) is 0 Å². The quantitative estimate of drug-likeness (QED) is 0.685. The summed E-state index contributed by atoms with van der Waals surface area (Å²) >= 11 is 0. The van der Waals surface area contributed by atoms with Gasteiger partial charge in [0, 0.05) is 11.4 Å². The second kappa shape index (κ2) is 9.45. The number of nitrogens with one attached hydrogen (secondary N) is 2. The van der Waals surface area contributed by atoms with Crippen molar-refractivity contribution in [3.63, 3.8) is 0 Å². The monoisotopic (exact) mass is 328 g/mol. The van der Waals surface area contributed by atoms with Crippen LogP contribution in [-0.2, 0) is 4.79 Å². The highest BCUT2D eigenvalue weighted by Gasteiger charge is 2.03. The maximum atomic E-state index is 12.0. The molecule has 0 heterocycles. The number of unbranched alkanes of at least 4 members (excludes halogenated alkanes) is 1. The number of carbonyl (C=O) groups excluding carboxylic acids is 1. The van der Waals surface area contributed by atoms with E-state index in [0.717, 1.165) is 35.7 Å². The highest BCUT2D eigenvalue weighted by molar-refractivity contribution is 5.93. The smallest absolute Gasteiger partial charge is 0.243 e. The molecule has 0 atom stereocenters. The molecule has 0 aliphatic carbocycles. The van der Waals surface area contributed by atoms with Gasteiger partial charge >= 0.3 is 0 Å². The van der Waals surface area contributed by atoms with Crippen LogP contribution in [-0.4, -0.2) is 26.2 Å². The van der Waals surface area contributed by atoms with Gasteiger partial charge in [-0.2, -0.15) is 0 Å². The van der Waals surface area contributed by atoms with E-state index in [1.807, 2.05) is 48.5 Å². The zero-order valence-corrected chi connectivity index (χ0v) is 14.2. The summed E-state index contributed by atoms with van der Waals surface area (Å²) in [6, 6.07) is 14.8. The fraction of sp³-hybridized carbons (Fsp3) is 0.316. The Balaban J connectivity index is 1.76. The summed E-state index contributed by atoms with van der Waals surface area (Å²) in [5, 5.41) is 5.92. The second-order valence-electron chi connectivity index (χ2n) is 5.36. The summed E-state index contributed by atoms with van der Waals surface area (Å²) in [5.41, 5.74) is 1.62. The maximum absolute atomic E-state index is 12.0. The third-order valence-electron chi connectivity index (χ3n) is 3.45. The molecule has 0 bridgehead atoms. The van der Waals surface area contributed by atoms with Crippen molar-refractivity contribution in [3.8, 4) is 11.5 Å². The lowest BCUT2D eigenvalue weighted by Gasteiger charge is -2.09. The molecule has 0 aliphatic rings. The topological polar surface area (TPSA) is 59.6 Å². The van der Waals surface area contributed by atoms with Gasteiger partial charge in [0.15, 0.2) is 0 Å². The SMILES string of the molecule is CCCCOc1ccc(NC(=O)CNc2ccc(OC)cc2)cc1. The van der Waals surface area contributed by atoms with Crippen LogP contribution in [0.4, 0.5) is 11.4 Å². The molecule has 0 aromatic heterocycles. The van der Waals surface area contributed by atoms with Gasteiger partial charge in [0.2, 0.25) is 5.91 Å². The van der Waals surface area contributed by atoms with E-state index in [1.54, 1.807) is 7.11 Å². The Labute approximate surface area is 143 Å². The summed E-state index contributed by atoms with van der Waals surface area (Å²) in [6.45, 7) is 3.04. The van der Waals surface area contributed by atoms with E-state index in [4.69, 9.17) is 9.47 Å². The molecule has 5 heteroatoms. The molecule has 0 radical (unpaired) electrons. The standard InChI is InChI=1S/C19H24N2O3/c1-3-4-13-24-18-11-7-16(8-12-18)21-19(22)14-20-15-5-9-17(23-2)10-6-15/h5-12,20H,3-4,13-14H2,1-2H3,(H,21,22). The molecule has 0 unspecified atom stereocenters. The number of hydrogen-bond donors (Lipinski definition) is 2. The molecular formula is C19H24N2O3. The van der Waals surface area contributed by atoms with Crippen LogP contribution in [0.2, 0.25) is 0 Å². The van der Waals surface area contributed by atoms with Gasteiger partial charge in [-0.3, -0.25) is 4.79 Å². The first-order valence-corrected chi connectivity index (χ1v) is 8.12. The summed E-state index contributed by atoms with van der Waals surface area (Å²) in [7, 11) is 1.62. The summed E-state index contributed by atoms with van der Waals surface area (Å²) < 4.78 is 10.7. The van der Waals surface area contributed by atoms with E-state index >= 15 is 0 Å². The number of ether oxygens (including phenoxy) is 2. The van der Waals surface area contributed by atoms with E-state index in [0.29, 0.717) is 6.61 Å². The Morgan fingerprint density at radius 1 is 0.958 bits per heavy atom. The van der Waals surface area contributed by atoms with E-state index in [2.05, 4.69) is 17.6 Å². The maximum Gasteiger partial charge on any atom is 0.243 e. The summed E-state index contributed by atoms with van der Waals surface area (Å²) in [5.74, 6) is 1.49. The normalized spacial score (nSPS) is 10.1. The number of benzene rings is 2. The van der Waals surface area contributed by atoms with Crippen LogP contribution in [0.1, 0.15) is 19.8 Å². The fourth-order valence-corrected chi connectivity index (χ4v) is 2.07. The predicted molar refractivity (Wildman–Crippen MR) is 97.0 cm³/mol. The van der Waals surface area contributed by atoms with Gasteiger partial charge < -0.3 is 20.1 Å². The molecule has 0 saturated heterocycles. The van der Waals surface area contributed by atoms with Crippen LogP contribution < -0.4 is 20.1 Å². The number of rotatable bonds is 9. The van der Waals surface area contributed by atoms with Gasteiger partial charge in [0.1, 0.15) is 11.5 Å².